The monoisotopic (exact) mass is 241 g/mol. The molecule has 0 radical (unpaired) electrons. The van der Waals surface area contributed by atoms with Crippen LogP contribution in [0.2, 0.25) is 0 Å². The van der Waals surface area contributed by atoms with E-state index in [9.17, 15) is 4.79 Å². The molecule has 1 fully saturated rings. The summed E-state index contributed by atoms with van der Waals surface area (Å²) in [4.78, 5) is 10.5. The number of carbonyl (C=O) groups is 1. The normalized spacial score (nSPS) is 33.8. The second kappa shape index (κ2) is 2.32. The molecule has 1 aliphatic heterocycles. The number of cyclic esters (lactones) is 1. The Balaban J connectivity index is 2.54. The number of rotatable bonds is 1. The molecule has 1 atom stereocenters. The molecule has 1 heterocycles. The van der Waals surface area contributed by atoms with E-state index in [1.807, 2.05) is 6.92 Å². The SMILES string of the molecule is CC1(CI)CNC(=O)O1. The van der Waals surface area contributed by atoms with Crippen LogP contribution in [0.5, 0.6) is 0 Å². The summed E-state index contributed by atoms with van der Waals surface area (Å²) in [6, 6.07) is 0. The van der Waals surface area contributed by atoms with Crippen molar-refractivity contribution in [3.8, 4) is 0 Å². The summed E-state index contributed by atoms with van der Waals surface area (Å²) >= 11 is 2.20. The first-order valence-corrected chi connectivity index (χ1v) is 4.22. The van der Waals surface area contributed by atoms with E-state index in [-0.39, 0.29) is 11.7 Å². The molecule has 0 aromatic heterocycles. The Labute approximate surface area is 67.3 Å². The summed E-state index contributed by atoms with van der Waals surface area (Å²) < 4.78 is 5.78. The molecule has 1 N–H and O–H groups in total. The third kappa shape index (κ3) is 1.47. The molecule has 1 aliphatic rings. The predicted octanol–water partition coefficient (Wildman–Crippen LogP) is 0.920. The van der Waals surface area contributed by atoms with Crippen LogP contribution in [0, 0.1) is 0 Å². The highest BCUT2D eigenvalue weighted by molar-refractivity contribution is 14.1. The van der Waals surface area contributed by atoms with Gasteiger partial charge in [0.05, 0.1) is 6.54 Å². The average Bonchev–Trinajstić information content (AvgIpc) is 2.13. The maximum atomic E-state index is 10.5. The minimum absolute atomic E-state index is 0.266. The van der Waals surface area contributed by atoms with Crippen molar-refractivity contribution < 1.29 is 9.53 Å². The third-order valence-electron chi connectivity index (χ3n) is 1.23. The highest BCUT2D eigenvalue weighted by Crippen LogP contribution is 2.17. The Kier molecular flexibility index (Phi) is 1.83. The third-order valence-corrected chi connectivity index (χ3v) is 2.84. The Bertz CT molecular complexity index is 139. The fourth-order valence-electron chi connectivity index (χ4n) is 0.630. The Morgan fingerprint density at radius 2 is 2.67 bits per heavy atom. The van der Waals surface area contributed by atoms with E-state index in [0.717, 1.165) is 4.43 Å². The first-order valence-electron chi connectivity index (χ1n) is 2.69. The lowest BCUT2D eigenvalue weighted by molar-refractivity contribution is 0.0925. The van der Waals surface area contributed by atoms with E-state index in [4.69, 9.17) is 4.74 Å². The zero-order chi connectivity index (χ0) is 6.91. The van der Waals surface area contributed by atoms with Gasteiger partial charge in [0.15, 0.2) is 0 Å². The van der Waals surface area contributed by atoms with Gasteiger partial charge >= 0.3 is 6.09 Å². The molecule has 0 spiro atoms. The minimum Gasteiger partial charge on any atom is -0.441 e. The Hall–Kier alpha value is 0. The standard InChI is InChI=1S/C5H8INO2/c1-5(2-6)3-7-4(8)9-5/h2-3H2,1H3,(H,7,8). The number of hydrogen-bond donors (Lipinski definition) is 1. The summed E-state index contributed by atoms with van der Waals surface area (Å²) in [5.41, 5.74) is -0.266. The van der Waals surface area contributed by atoms with Crippen molar-refractivity contribution in [2.75, 3.05) is 11.0 Å². The highest BCUT2D eigenvalue weighted by Gasteiger charge is 2.33. The molecule has 9 heavy (non-hydrogen) atoms. The van der Waals surface area contributed by atoms with Crippen LogP contribution in [-0.4, -0.2) is 22.7 Å². The van der Waals surface area contributed by atoms with Crippen molar-refractivity contribution in [2.24, 2.45) is 0 Å². The summed E-state index contributed by atoms with van der Waals surface area (Å²) in [6.45, 7) is 2.55. The van der Waals surface area contributed by atoms with Gasteiger partial charge in [0.2, 0.25) is 0 Å². The molecule has 52 valence electrons. The molecule has 1 saturated heterocycles. The molecule has 0 bridgehead atoms. The second-order valence-corrected chi connectivity index (χ2v) is 3.09. The zero-order valence-corrected chi connectivity index (χ0v) is 7.27. The van der Waals surface area contributed by atoms with Crippen LogP contribution in [0.25, 0.3) is 0 Å². The minimum atomic E-state index is -0.297. The lowest BCUT2D eigenvalue weighted by atomic mass is 10.1. The average molecular weight is 241 g/mol. The maximum Gasteiger partial charge on any atom is 0.407 e. The van der Waals surface area contributed by atoms with Crippen molar-refractivity contribution in [3.63, 3.8) is 0 Å². The van der Waals surface area contributed by atoms with Crippen molar-refractivity contribution in [1.82, 2.24) is 5.32 Å². The van der Waals surface area contributed by atoms with Crippen molar-refractivity contribution in [3.05, 3.63) is 0 Å². The maximum absolute atomic E-state index is 10.5. The van der Waals surface area contributed by atoms with Gasteiger partial charge in [-0.2, -0.15) is 0 Å². The van der Waals surface area contributed by atoms with Crippen LogP contribution >= 0.6 is 22.6 Å². The lowest BCUT2D eigenvalue weighted by Gasteiger charge is -2.16. The van der Waals surface area contributed by atoms with Crippen LogP contribution < -0.4 is 5.32 Å². The van der Waals surface area contributed by atoms with Gasteiger partial charge in [0.1, 0.15) is 5.60 Å². The topological polar surface area (TPSA) is 38.3 Å². The molecular weight excluding hydrogens is 233 g/mol. The van der Waals surface area contributed by atoms with Crippen LogP contribution in [0.4, 0.5) is 4.79 Å². The number of alkyl carbamates (subject to hydrolysis) is 1. The summed E-state index contributed by atoms with van der Waals surface area (Å²) in [5.74, 6) is 0. The van der Waals surface area contributed by atoms with Gasteiger partial charge in [-0.1, -0.05) is 22.6 Å². The number of alkyl halides is 1. The molecule has 0 saturated carbocycles. The van der Waals surface area contributed by atoms with Crippen molar-refractivity contribution in [2.45, 2.75) is 12.5 Å². The Morgan fingerprint density at radius 3 is 2.89 bits per heavy atom. The highest BCUT2D eigenvalue weighted by atomic mass is 127. The zero-order valence-electron chi connectivity index (χ0n) is 5.11. The summed E-state index contributed by atoms with van der Waals surface area (Å²) in [7, 11) is 0. The fraction of sp³-hybridized carbons (Fsp3) is 0.800. The van der Waals surface area contributed by atoms with E-state index in [0.29, 0.717) is 6.54 Å². The van der Waals surface area contributed by atoms with Gasteiger partial charge in [-0.3, -0.25) is 0 Å². The number of ether oxygens (including phenoxy) is 1. The molecule has 4 heteroatoms. The molecule has 1 unspecified atom stereocenters. The van der Waals surface area contributed by atoms with Gasteiger partial charge in [0, 0.05) is 4.43 Å². The second-order valence-electron chi connectivity index (χ2n) is 2.33. The van der Waals surface area contributed by atoms with Gasteiger partial charge in [-0.05, 0) is 6.92 Å². The molecule has 1 amide bonds. The van der Waals surface area contributed by atoms with Crippen LogP contribution in [-0.2, 0) is 4.74 Å². The number of halogens is 1. The van der Waals surface area contributed by atoms with Crippen LogP contribution in [0.3, 0.4) is 0 Å². The number of hydrogen-bond acceptors (Lipinski definition) is 2. The summed E-state index contributed by atoms with van der Waals surface area (Å²) in [5, 5.41) is 2.60. The summed E-state index contributed by atoms with van der Waals surface area (Å²) in [6.07, 6.45) is -0.297. The van der Waals surface area contributed by atoms with E-state index in [2.05, 4.69) is 27.9 Å². The van der Waals surface area contributed by atoms with Crippen LogP contribution in [0.1, 0.15) is 6.92 Å². The quantitative estimate of drug-likeness (QED) is 0.547. The molecule has 3 nitrogen and oxygen atoms in total. The Morgan fingerprint density at radius 1 is 2.00 bits per heavy atom. The van der Waals surface area contributed by atoms with Gasteiger partial charge in [-0.25, -0.2) is 4.79 Å². The predicted molar refractivity (Wildman–Crippen MR) is 41.8 cm³/mol. The fourth-order valence-corrected chi connectivity index (χ4v) is 1.06. The van der Waals surface area contributed by atoms with Gasteiger partial charge in [0.25, 0.3) is 0 Å². The van der Waals surface area contributed by atoms with Crippen LogP contribution in [0.15, 0.2) is 0 Å². The van der Waals surface area contributed by atoms with Crippen molar-refractivity contribution >= 4 is 28.7 Å². The van der Waals surface area contributed by atoms with Gasteiger partial charge in [-0.15, -0.1) is 0 Å². The lowest BCUT2D eigenvalue weighted by Crippen LogP contribution is -2.30. The van der Waals surface area contributed by atoms with E-state index in [1.54, 1.807) is 0 Å². The number of carbonyl (C=O) groups excluding carboxylic acids is 1. The smallest absolute Gasteiger partial charge is 0.407 e. The molecule has 0 aromatic carbocycles. The molecular formula is C5H8INO2. The molecule has 1 rings (SSSR count). The number of nitrogens with one attached hydrogen (secondary N) is 1. The first kappa shape index (κ1) is 7.11. The van der Waals surface area contributed by atoms with Gasteiger partial charge < -0.3 is 10.1 Å². The van der Waals surface area contributed by atoms with Crippen molar-refractivity contribution in [1.29, 1.82) is 0 Å². The van der Waals surface area contributed by atoms with E-state index >= 15 is 0 Å². The first-order chi connectivity index (χ1) is 4.16. The number of amides is 1. The van der Waals surface area contributed by atoms with E-state index in [1.165, 1.54) is 0 Å². The molecule has 0 aromatic rings. The largest absolute Gasteiger partial charge is 0.441 e. The van der Waals surface area contributed by atoms with E-state index < -0.39 is 0 Å². The molecule has 0 aliphatic carbocycles.